The zero-order chi connectivity index (χ0) is 82.6. The van der Waals surface area contributed by atoms with Crippen molar-refractivity contribution < 1.29 is 26.5 Å². The van der Waals surface area contributed by atoms with E-state index in [4.69, 9.17) is 8.22 Å². The van der Waals surface area contributed by atoms with Gasteiger partial charge in [0.1, 0.15) is 28.2 Å². The fraction of sp³-hybridized carbons (Fsp3) is 0.0952. The van der Waals surface area contributed by atoms with Crippen LogP contribution in [0.2, 0.25) is 0 Å². The summed E-state index contributed by atoms with van der Waals surface area (Å²) in [5.74, 6) is 0. The van der Waals surface area contributed by atoms with E-state index in [1.807, 2.05) is 89.1 Å². The molecule has 0 atom stereocenters. The highest BCUT2D eigenvalue weighted by atomic mass is 32.1. The summed E-state index contributed by atoms with van der Waals surface area (Å²) in [6.07, 6.45) is 10.3. The first-order valence-corrected chi connectivity index (χ1v) is 41.7. The van der Waals surface area contributed by atoms with Gasteiger partial charge in [0, 0.05) is 121 Å². The minimum Gasteiger partial charge on any atom is -0.255 e. The maximum absolute atomic E-state index is 8.27. The van der Waals surface area contributed by atoms with E-state index in [0.29, 0.717) is 5.56 Å². The third-order valence-electron chi connectivity index (χ3n) is 22.6. The van der Waals surface area contributed by atoms with Crippen LogP contribution in [0, 0.1) is 41.4 Å². The Morgan fingerprint density at radius 3 is 1.46 bits per heavy atom. The highest BCUT2D eigenvalue weighted by Crippen LogP contribution is 2.47. The van der Waals surface area contributed by atoms with Crippen molar-refractivity contribution in [3.63, 3.8) is 0 Å². The Bertz CT molecular complexity index is 7670. The summed E-state index contributed by atoms with van der Waals surface area (Å²) in [6.45, 7) is 3.97. The van der Waals surface area contributed by atoms with Crippen LogP contribution in [0.5, 0.6) is 0 Å². The van der Waals surface area contributed by atoms with Crippen LogP contribution in [0.15, 0.2) is 322 Å². The molecule has 0 saturated heterocycles. The number of thiophene rings is 4. The van der Waals surface area contributed by atoms with E-state index in [1.165, 1.54) is 160 Å². The van der Waals surface area contributed by atoms with E-state index < -0.39 is 13.7 Å². The Labute approximate surface area is 688 Å². The lowest BCUT2D eigenvalue weighted by Crippen LogP contribution is -2.31. The molecule has 22 rings (SSSR count). The number of hydrogen-bond acceptors (Lipinski definition) is 5. The highest BCUT2D eigenvalue weighted by molar-refractivity contribution is 7.28. The summed E-state index contributed by atoms with van der Waals surface area (Å²) in [5.41, 5.74) is 20.7. The Morgan fingerprint density at radius 1 is 0.281 bits per heavy atom. The van der Waals surface area contributed by atoms with Crippen LogP contribution in [-0.2, 0) is 28.2 Å². The zero-order valence-electron chi connectivity index (χ0n) is 70.5. The van der Waals surface area contributed by atoms with E-state index in [1.54, 1.807) is 18.3 Å². The summed E-state index contributed by atoms with van der Waals surface area (Å²) in [4.78, 5) is 4.63. The predicted octanol–water partition coefficient (Wildman–Crippen LogP) is 27.4. The molecule has 13 aromatic carbocycles. The van der Waals surface area contributed by atoms with Gasteiger partial charge >= 0.3 is 0 Å². The second-order valence-corrected chi connectivity index (χ2v) is 34.1. The Kier molecular flexibility index (Phi) is 16.9. The monoisotopic (exact) mass is 1550 g/mol. The summed E-state index contributed by atoms with van der Waals surface area (Å²) in [6, 6.07) is 103. The van der Waals surface area contributed by atoms with Gasteiger partial charge in [-0.25, -0.2) is 18.3 Å². The van der Waals surface area contributed by atoms with E-state index in [-0.39, 0.29) is 5.56 Å². The molecule has 0 amide bonds. The number of aryl methyl sites for hydroxylation is 10. The molecule has 0 spiro atoms. The van der Waals surface area contributed by atoms with Gasteiger partial charge in [0.15, 0.2) is 24.8 Å². The van der Waals surface area contributed by atoms with Crippen molar-refractivity contribution in [2.75, 3.05) is 0 Å². The van der Waals surface area contributed by atoms with Crippen LogP contribution in [0.3, 0.4) is 0 Å². The Balaban J connectivity index is 0.000000108. The smallest absolute Gasteiger partial charge is 0.221 e. The molecule has 5 nitrogen and oxygen atoms in total. The minimum absolute atomic E-state index is 0.288. The quantitative estimate of drug-likeness (QED) is 0.153. The summed E-state index contributed by atoms with van der Waals surface area (Å²) in [5, 5.41) is 18.5. The lowest BCUT2D eigenvalue weighted by molar-refractivity contribution is -0.659. The van der Waals surface area contributed by atoms with Gasteiger partial charge < -0.3 is 0 Å². The lowest BCUT2D eigenvalue weighted by atomic mass is 9.96. The molecule has 114 heavy (non-hydrogen) atoms. The van der Waals surface area contributed by atoms with Crippen LogP contribution in [0.1, 0.15) is 41.6 Å². The minimum atomic E-state index is -2.28. The van der Waals surface area contributed by atoms with Gasteiger partial charge in [-0.1, -0.05) is 224 Å². The molecule has 22 aromatic rings. The second kappa shape index (κ2) is 29.6. The molecule has 9 aromatic heterocycles. The van der Waals surface area contributed by atoms with Gasteiger partial charge in [-0.05, 0) is 167 Å². The predicted molar refractivity (Wildman–Crippen MR) is 491 cm³/mol. The van der Waals surface area contributed by atoms with Gasteiger partial charge in [-0.3, -0.25) is 4.98 Å². The number of aromatic nitrogens is 5. The molecule has 0 saturated carbocycles. The Morgan fingerprint density at radius 2 is 0.798 bits per heavy atom. The first-order valence-electron chi connectivity index (χ1n) is 41.4. The number of hydrogen-bond donors (Lipinski definition) is 0. The van der Waals surface area contributed by atoms with Crippen molar-refractivity contribution >= 4 is 169 Å². The van der Waals surface area contributed by atoms with Crippen molar-refractivity contribution in [3.8, 4) is 67.3 Å². The average Bonchev–Trinajstić information content (AvgIpc) is 1.54. The number of nitrogens with zero attached hydrogens (tertiary/aromatic N) is 5. The fourth-order valence-electron chi connectivity index (χ4n) is 16.8. The molecule has 0 aliphatic heterocycles. The summed E-state index contributed by atoms with van der Waals surface area (Å²) in [7, 11) is 8.29. The molecule has 0 N–H and O–H groups in total. The summed E-state index contributed by atoms with van der Waals surface area (Å²) < 4.78 is 66.7. The number of benzene rings is 13. The van der Waals surface area contributed by atoms with Gasteiger partial charge in [0.05, 0.1) is 36.5 Å². The van der Waals surface area contributed by atoms with Crippen molar-refractivity contribution in [2.24, 2.45) is 28.2 Å². The standard InChI is InChI=1S/C31H26NS.C29H22NS.C23H18NS.C22H17N2S/c1-19-10-13-26(20(2)14-19)30-29-27-16-25-15-23(22-8-6-5-7-9-22)11-12-24(25)17-28(27)33-31(29)21(3)18-32(30)4;1-19-8-6-7-11-23(19)28-27-24-15-14-21-12-13-22(20-9-4-3-5-10-20)18-25(21)29(24)31-26(27)16-17-30(28)2;1-15-7-3-5-9-17(15)21-13-22-20(14-24(21)2)19-12-11-16-8-4-6-10-18(16)23(19)25-22;1-14-6-3-4-8-16(14)19-12-20-18(13-24(19)2)17-10-9-15-7-5-11-23-21(15)22(17)25-20/h5-18H,1-4H3;3-18H,1-2H3;3-14H,1-2H3;3-13H,1-2H3/q4*+1/i1D3,3D3;;;. The molecule has 0 bridgehead atoms. The van der Waals surface area contributed by atoms with Gasteiger partial charge in [-0.15, -0.1) is 45.3 Å². The number of pyridine rings is 5. The van der Waals surface area contributed by atoms with Gasteiger partial charge in [-0.2, -0.15) is 0 Å². The molecular weight excluding hydrogens is 1460 g/mol. The maximum atomic E-state index is 8.27. The first kappa shape index (κ1) is 65.1. The number of fused-ring (bicyclic) bond motifs is 19. The molecule has 0 radical (unpaired) electrons. The van der Waals surface area contributed by atoms with Crippen LogP contribution in [-0.4, -0.2) is 4.98 Å². The molecule has 0 unspecified atom stereocenters. The zero-order valence-corrected chi connectivity index (χ0v) is 67.7. The van der Waals surface area contributed by atoms with Gasteiger partial charge in [0.2, 0.25) is 22.8 Å². The average molecular weight is 1550 g/mol. The van der Waals surface area contributed by atoms with Gasteiger partial charge in [0.25, 0.3) is 0 Å². The normalized spacial score (nSPS) is 12.6. The highest BCUT2D eigenvalue weighted by Gasteiger charge is 2.27. The van der Waals surface area contributed by atoms with E-state index in [9.17, 15) is 0 Å². The van der Waals surface area contributed by atoms with E-state index in [0.717, 1.165) is 64.4 Å². The third kappa shape index (κ3) is 12.9. The topological polar surface area (TPSA) is 28.4 Å². The molecule has 9 heterocycles. The fourth-order valence-corrected chi connectivity index (χ4v) is 21.6. The van der Waals surface area contributed by atoms with Crippen LogP contribution >= 0.6 is 45.3 Å². The van der Waals surface area contributed by atoms with Crippen molar-refractivity contribution in [1.82, 2.24) is 4.98 Å². The molecule has 9 heteroatoms. The summed E-state index contributed by atoms with van der Waals surface area (Å²) >= 11 is 7.14. The molecule has 0 aliphatic rings. The van der Waals surface area contributed by atoms with Crippen molar-refractivity contribution in [1.29, 1.82) is 0 Å². The third-order valence-corrected chi connectivity index (χ3v) is 27.3. The second-order valence-electron chi connectivity index (χ2n) is 29.9. The van der Waals surface area contributed by atoms with Crippen LogP contribution in [0.4, 0.5) is 0 Å². The molecule has 548 valence electrons. The first-order chi connectivity index (χ1) is 58.1. The van der Waals surface area contributed by atoms with Crippen LogP contribution in [0.25, 0.3) is 191 Å². The molecule has 0 aliphatic carbocycles. The maximum Gasteiger partial charge on any atom is 0.221 e. The molecule has 0 fully saturated rings. The SMILES string of the molecule is Cc1ccccc1-c1c2c(cc[n+]1C)sc1c3cc(-c4ccccc4)ccc3ccc12.Cc1ccccc1-c1cc2sc3c(ccc4cccnc43)c2c[n+]1C.Cc1ccccc1-c1cc2sc3c4ccccc4ccc3c2c[n+]1C.[2H]C([2H])([2H])c1ccc(-c2c3c(sc4cc5ccc(-c6ccccc6)cc5cc43)c(C([2H])([2H])[2H])c[n+]2C)c(C)c1. The lowest BCUT2D eigenvalue weighted by Gasteiger charge is -2.09. The Hall–Kier alpha value is -12.5. The van der Waals surface area contributed by atoms with Crippen LogP contribution < -0.4 is 18.3 Å². The van der Waals surface area contributed by atoms with E-state index >= 15 is 0 Å². The largest absolute Gasteiger partial charge is 0.255 e. The number of rotatable bonds is 6. The van der Waals surface area contributed by atoms with E-state index in [2.05, 4.69) is 328 Å². The molecular formula is C105H83N5S4+4. The van der Waals surface area contributed by atoms with Crippen molar-refractivity contribution in [2.45, 2.75) is 41.4 Å². The van der Waals surface area contributed by atoms with Crippen molar-refractivity contribution in [3.05, 3.63) is 356 Å².